The first-order valence-corrected chi connectivity index (χ1v) is 5.96. The minimum Gasteiger partial charge on any atom is -0.426 e. The molecule has 84 valence electrons. The lowest BCUT2D eigenvalue weighted by molar-refractivity contribution is 0.376. The number of likely N-dealkylation sites (tertiary alicyclic amines) is 1. The first-order valence-electron chi connectivity index (χ1n) is 5.58. The summed E-state index contributed by atoms with van der Waals surface area (Å²) in [6.45, 7) is 2.78. The van der Waals surface area contributed by atoms with Gasteiger partial charge in [0.1, 0.15) is 5.75 Å². The Morgan fingerprint density at radius 1 is 1.25 bits per heavy atom. The van der Waals surface area contributed by atoms with Crippen LogP contribution in [0.5, 0.6) is 5.75 Å². The van der Waals surface area contributed by atoms with Gasteiger partial charge in [0.05, 0.1) is 6.54 Å². The quantitative estimate of drug-likeness (QED) is 0.692. The van der Waals surface area contributed by atoms with Crippen molar-refractivity contribution in [1.29, 1.82) is 0 Å². The van der Waals surface area contributed by atoms with Crippen molar-refractivity contribution in [2.45, 2.75) is 19.4 Å². The molecule has 0 radical (unpaired) electrons. The monoisotopic (exact) mass is 236 g/mol. The summed E-state index contributed by atoms with van der Waals surface area (Å²) in [7, 11) is 0. The average molecular weight is 237 g/mol. The van der Waals surface area contributed by atoms with E-state index >= 15 is 0 Å². The van der Waals surface area contributed by atoms with Crippen molar-refractivity contribution in [3.63, 3.8) is 0 Å². The van der Waals surface area contributed by atoms with Gasteiger partial charge in [-0.2, -0.15) is 0 Å². The van der Waals surface area contributed by atoms with Crippen molar-refractivity contribution in [2.75, 3.05) is 13.1 Å². The fourth-order valence-electron chi connectivity index (χ4n) is 2.13. The lowest BCUT2D eigenvalue weighted by Gasteiger charge is -2.24. The topological polar surface area (TPSA) is 24.8 Å². The molecule has 16 heavy (non-hydrogen) atoms. The van der Waals surface area contributed by atoms with Crippen molar-refractivity contribution in [2.24, 2.45) is 4.99 Å². The number of hydrogen-bond acceptors (Lipinski definition) is 3. The summed E-state index contributed by atoms with van der Waals surface area (Å²) in [6.07, 6.45) is 2.46. The van der Waals surface area contributed by atoms with Gasteiger partial charge in [-0.3, -0.25) is 0 Å². The Labute approximate surface area is 99.7 Å². The Morgan fingerprint density at radius 2 is 2.06 bits per heavy atom. The first kappa shape index (κ1) is 9.97. The van der Waals surface area contributed by atoms with Crippen LogP contribution < -0.4 is 4.74 Å². The van der Waals surface area contributed by atoms with Crippen molar-refractivity contribution >= 4 is 17.6 Å². The zero-order chi connectivity index (χ0) is 11.0. The molecule has 3 rings (SSSR count). The Kier molecular flexibility index (Phi) is 2.48. The highest BCUT2D eigenvalue weighted by Gasteiger charge is 2.22. The van der Waals surface area contributed by atoms with Gasteiger partial charge in [0, 0.05) is 23.7 Å². The number of rotatable bonds is 0. The fraction of sp³-hybridized carbons (Fsp3) is 0.417. The maximum Gasteiger partial charge on any atom is 0.293 e. The summed E-state index contributed by atoms with van der Waals surface area (Å²) in [5.74, 6) is 0.890. The predicted molar refractivity (Wildman–Crippen MR) is 64.0 cm³/mol. The van der Waals surface area contributed by atoms with E-state index in [2.05, 4.69) is 9.89 Å². The Morgan fingerprint density at radius 3 is 2.88 bits per heavy atom. The van der Waals surface area contributed by atoms with Gasteiger partial charge >= 0.3 is 0 Å². The predicted octanol–water partition coefficient (Wildman–Crippen LogP) is 2.68. The molecule has 0 unspecified atom stereocenters. The second-order valence-corrected chi connectivity index (χ2v) is 4.58. The minimum absolute atomic E-state index is 0.668. The van der Waals surface area contributed by atoms with Gasteiger partial charge in [0.2, 0.25) is 0 Å². The molecule has 0 aliphatic carbocycles. The van der Waals surface area contributed by atoms with E-state index in [9.17, 15) is 0 Å². The van der Waals surface area contributed by atoms with Gasteiger partial charge in [-0.15, -0.1) is 0 Å². The van der Waals surface area contributed by atoms with Crippen LogP contribution in [0.2, 0.25) is 5.02 Å². The molecule has 3 nitrogen and oxygen atoms in total. The summed E-state index contributed by atoms with van der Waals surface area (Å²) in [5, 5.41) is 0.738. The number of amidine groups is 1. The highest BCUT2D eigenvalue weighted by Crippen LogP contribution is 2.27. The van der Waals surface area contributed by atoms with Gasteiger partial charge in [-0.1, -0.05) is 11.6 Å². The number of aliphatic imine (C=N–C) groups is 1. The van der Waals surface area contributed by atoms with E-state index in [1.807, 2.05) is 18.2 Å². The van der Waals surface area contributed by atoms with Crippen molar-refractivity contribution < 1.29 is 4.74 Å². The molecular formula is C12H13ClN2O. The maximum atomic E-state index is 5.93. The molecule has 2 aliphatic heterocycles. The van der Waals surface area contributed by atoms with Crippen molar-refractivity contribution in [1.82, 2.24) is 4.90 Å². The molecule has 2 heterocycles. The van der Waals surface area contributed by atoms with Gasteiger partial charge in [-0.05, 0) is 31.0 Å². The summed E-state index contributed by atoms with van der Waals surface area (Å²) < 4.78 is 5.79. The molecule has 0 aromatic heterocycles. The molecule has 0 N–H and O–H groups in total. The number of halogens is 1. The summed E-state index contributed by atoms with van der Waals surface area (Å²) in [4.78, 5) is 6.66. The van der Waals surface area contributed by atoms with Crippen LogP contribution >= 0.6 is 11.6 Å². The van der Waals surface area contributed by atoms with E-state index in [1.165, 1.54) is 12.8 Å². The minimum atomic E-state index is 0.668. The highest BCUT2D eigenvalue weighted by atomic mass is 35.5. The number of hydrogen-bond donors (Lipinski definition) is 0. The van der Waals surface area contributed by atoms with Crippen LogP contribution in [0, 0.1) is 0 Å². The Hall–Kier alpha value is -1.22. The van der Waals surface area contributed by atoms with Crippen molar-refractivity contribution in [3.8, 4) is 5.75 Å². The molecule has 1 aromatic rings. The van der Waals surface area contributed by atoms with Crippen LogP contribution in [0.4, 0.5) is 0 Å². The molecule has 1 saturated heterocycles. The number of fused-ring (bicyclic) bond motifs is 1. The van der Waals surface area contributed by atoms with E-state index in [4.69, 9.17) is 16.3 Å². The van der Waals surface area contributed by atoms with Crippen molar-refractivity contribution in [3.05, 3.63) is 28.8 Å². The van der Waals surface area contributed by atoms with Gasteiger partial charge < -0.3 is 9.64 Å². The second-order valence-electron chi connectivity index (χ2n) is 4.15. The fourth-order valence-corrected chi connectivity index (χ4v) is 2.32. The molecule has 0 amide bonds. The van der Waals surface area contributed by atoms with E-state index in [0.717, 1.165) is 35.4 Å². The zero-order valence-corrected chi connectivity index (χ0v) is 9.70. The summed E-state index contributed by atoms with van der Waals surface area (Å²) in [5.41, 5.74) is 1.07. The molecule has 0 bridgehead atoms. The molecular weight excluding hydrogens is 224 g/mol. The molecule has 1 aromatic carbocycles. The Balaban J connectivity index is 1.83. The van der Waals surface area contributed by atoms with E-state index < -0.39 is 0 Å². The van der Waals surface area contributed by atoms with Gasteiger partial charge in [0.15, 0.2) is 0 Å². The molecule has 0 atom stereocenters. The molecule has 0 spiro atoms. The van der Waals surface area contributed by atoms with Crippen LogP contribution in [0.3, 0.4) is 0 Å². The van der Waals surface area contributed by atoms with Crippen LogP contribution in [0.15, 0.2) is 23.2 Å². The third-order valence-corrected chi connectivity index (χ3v) is 3.22. The highest BCUT2D eigenvalue weighted by molar-refractivity contribution is 6.30. The SMILES string of the molecule is Clc1ccc2c(c1)CN=C(N1CCCC1)O2. The summed E-state index contributed by atoms with van der Waals surface area (Å²) in [6, 6.07) is 6.46. The molecule has 0 saturated carbocycles. The number of benzene rings is 1. The average Bonchev–Trinajstić information content (AvgIpc) is 2.82. The smallest absolute Gasteiger partial charge is 0.293 e. The van der Waals surface area contributed by atoms with Crippen LogP contribution in [0.1, 0.15) is 18.4 Å². The standard InChI is InChI=1S/C12H13ClN2O/c13-10-3-4-11-9(7-10)8-14-12(16-11)15-5-1-2-6-15/h3-4,7H,1-2,5-6,8H2. The molecule has 1 fully saturated rings. The lowest BCUT2D eigenvalue weighted by atomic mass is 10.2. The summed E-state index contributed by atoms with van der Waals surface area (Å²) >= 11 is 5.93. The zero-order valence-electron chi connectivity index (χ0n) is 8.95. The van der Waals surface area contributed by atoms with E-state index in [0.29, 0.717) is 6.54 Å². The van der Waals surface area contributed by atoms with E-state index in [1.54, 1.807) is 0 Å². The maximum absolute atomic E-state index is 5.93. The molecule has 2 aliphatic rings. The largest absolute Gasteiger partial charge is 0.426 e. The number of ether oxygens (including phenoxy) is 1. The second kappa shape index (κ2) is 3.98. The van der Waals surface area contributed by atoms with Gasteiger partial charge in [0.25, 0.3) is 6.02 Å². The third-order valence-electron chi connectivity index (χ3n) is 2.99. The number of nitrogens with zero attached hydrogens (tertiary/aromatic N) is 2. The van der Waals surface area contributed by atoms with Gasteiger partial charge in [-0.25, -0.2) is 4.99 Å². The van der Waals surface area contributed by atoms with Crippen LogP contribution in [0.25, 0.3) is 0 Å². The van der Waals surface area contributed by atoms with Crippen LogP contribution in [-0.2, 0) is 6.54 Å². The van der Waals surface area contributed by atoms with E-state index in [-0.39, 0.29) is 0 Å². The first-order chi connectivity index (χ1) is 7.83. The normalized spacial score (nSPS) is 19.1. The lowest BCUT2D eigenvalue weighted by Crippen LogP contribution is -2.34. The Bertz CT molecular complexity index is 439. The van der Waals surface area contributed by atoms with Crippen LogP contribution in [-0.4, -0.2) is 24.0 Å². The molecule has 4 heteroatoms. The third kappa shape index (κ3) is 1.76.